The smallest absolute Gasteiger partial charge is 0.253 e. The Morgan fingerprint density at radius 3 is 2.83 bits per heavy atom. The molecule has 5 heteroatoms. The number of likely N-dealkylation sites (tertiary alicyclic amines) is 1. The third kappa shape index (κ3) is 2.84. The van der Waals surface area contributed by atoms with Crippen LogP contribution in [0.3, 0.4) is 0 Å². The number of hydrogen-bond acceptors (Lipinski definition) is 4. The zero-order chi connectivity index (χ0) is 13.0. The number of methoxy groups -OCH3 is 1. The number of nitrogens with two attached hydrogens (primary N) is 1. The van der Waals surface area contributed by atoms with Crippen LogP contribution in [0.15, 0.2) is 0 Å². The maximum absolute atomic E-state index is 11.9. The molecule has 0 radical (unpaired) electrons. The summed E-state index contributed by atoms with van der Waals surface area (Å²) in [5, 5.41) is 0. The van der Waals surface area contributed by atoms with Gasteiger partial charge in [0.2, 0.25) is 0 Å². The number of rotatable bonds is 4. The minimum atomic E-state index is -0.231. The highest BCUT2D eigenvalue weighted by Gasteiger charge is 2.38. The molecular formula is C13H25N3O2. The van der Waals surface area contributed by atoms with Crippen LogP contribution in [0.25, 0.3) is 0 Å². The standard InChI is InChI=1S/C13H25N3O2/c1-18-9-12(13(17)15-14)16-8-4-6-10-5-2-3-7-11(10)16/h10-12H,2-9,14H2,1H3,(H,15,17). The first-order valence-electron chi connectivity index (χ1n) is 7.03. The molecule has 3 unspecified atom stereocenters. The summed E-state index contributed by atoms with van der Waals surface area (Å²) < 4.78 is 5.20. The summed E-state index contributed by atoms with van der Waals surface area (Å²) in [6, 6.07) is 0.316. The van der Waals surface area contributed by atoms with Crippen molar-refractivity contribution >= 4 is 5.91 Å². The molecule has 0 aromatic rings. The summed E-state index contributed by atoms with van der Waals surface area (Å²) in [6.07, 6.45) is 7.63. The number of hydrazine groups is 1. The number of carbonyl (C=O) groups is 1. The summed E-state index contributed by atoms with van der Waals surface area (Å²) in [7, 11) is 1.64. The summed E-state index contributed by atoms with van der Waals surface area (Å²) in [5.41, 5.74) is 2.28. The van der Waals surface area contributed by atoms with Gasteiger partial charge in [-0.15, -0.1) is 0 Å². The van der Waals surface area contributed by atoms with Gasteiger partial charge in [-0.1, -0.05) is 12.8 Å². The van der Waals surface area contributed by atoms with Crippen molar-refractivity contribution < 1.29 is 9.53 Å². The summed E-state index contributed by atoms with van der Waals surface area (Å²) in [5.74, 6) is 5.94. The van der Waals surface area contributed by atoms with Crippen LogP contribution >= 0.6 is 0 Å². The lowest BCUT2D eigenvalue weighted by Crippen LogP contribution is -2.58. The Hall–Kier alpha value is -0.650. The van der Waals surface area contributed by atoms with Crippen molar-refractivity contribution in [2.75, 3.05) is 20.3 Å². The van der Waals surface area contributed by atoms with E-state index in [4.69, 9.17) is 10.6 Å². The summed E-state index contributed by atoms with van der Waals surface area (Å²) >= 11 is 0. The fourth-order valence-corrected chi connectivity index (χ4v) is 3.63. The third-order valence-corrected chi connectivity index (χ3v) is 4.46. The van der Waals surface area contributed by atoms with Crippen LogP contribution in [0.4, 0.5) is 0 Å². The van der Waals surface area contributed by atoms with E-state index in [9.17, 15) is 4.79 Å². The molecule has 3 atom stereocenters. The summed E-state index contributed by atoms with van der Waals surface area (Å²) in [6.45, 7) is 1.41. The van der Waals surface area contributed by atoms with Gasteiger partial charge in [0.25, 0.3) is 5.91 Å². The maximum atomic E-state index is 11.9. The number of piperidine rings is 1. The highest BCUT2D eigenvalue weighted by molar-refractivity contribution is 5.81. The van der Waals surface area contributed by atoms with Gasteiger partial charge in [-0.3, -0.25) is 15.1 Å². The fraction of sp³-hybridized carbons (Fsp3) is 0.923. The Balaban J connectivity index is 2.09. The Labute approximate surface area is 109 Å². The van der Waals surface area contributed by atoms with Crippen molar-refractivity contribution in [2.45, 2.75) is 50.6 Å². The molecule has 2 rings (SSSR count). The summed E-state index contributed by atoms with van der Waals surface area (Å²) in [4.78, 5) is 14.3. The van der Waals surface area contributed by atoms with Crippen molar-refractivity contribution in [3.63, 3.8) is 0 Å². The second-order valence-corrected chi connectivity index (χ2v) is 5.47. The number of fused-ring (bicyclic) bond motifs is 1. The van der Waals surface area contributed by atoms with Gasteiger partial charge in [-0.25, -0.2) is 5.84 Å². The van der Waals surface area contributed by atoms with E-state index >= 15 is 0 Å². The van der Waals surface area contributed by atoms with Gasteiger partial charge in [-0.05, 0) is 38.1 Å². The minimum Gasteiger partial charge on any atom is -0.383 e. The zero-order valence-corrected chi connectivity index (χ0v) is 11.2. The predicted molar refractivity (Wildman–Crippen MR) is 69.7 cm³/mol. The molecule has 5 nitrogen and oxygen atoms in total. The van der Waals surface area contributed by atoms with E-state index in [1.807, 2.05) is 0 Å². The van der Waals surface area contributed by atoms with Crippen LogP contribution in [-0.2, 0) is 9.53 Å². The van der Waals surface area contributed by atoms with E-state index in [2.05, 4.69) is 10.3 Å². The Bertz CT molecular complexity index is 283. The van der Waals surface area contributed by atoms with E-state index < -0.39 is 0 Å². The average molecular weight is 255 g/mol. The van der Waals surface area contributed by atoms with Gasteiger partial charge >= 0.3 is 0 Å². The van der Waals surface area contributed by atoms with Gasteiger partial charge in [-0.2, -0.15) is 0 Å². The molecule has 0 aromatic heterocycles. The lowest BCUT2D eigenvalue weighted by Gasteiger charge is -2.46. The second-order valence-electron chi connectivity index (χ2n) is 5.47. The highest BCUT2D eigenvalue weighted by atomic mass is 16.5. The molecule has 2 aliphatic rings. The molecular weight excluding hydrogens is 230 g/mol. The largest absolute Gasteiger partial charge is 0.383 e. The van der Waals surface area contributed by atoms with Crippen LogP contribution in [0.5, 0.6) is 0 Å². The molecule has 1 heterocycles. The quantitative estimate of drug-likeness (QED) is 0.439. The SMILES string of the molecule is COCC(C(=O)NN)N1CCCC2CCCCC21. The third-order valence-electron chi connectivity index (χ3n) is 4.46. The lowest BCUT2D eigenvalue weighted by atomic mass is 9.77. The molecule has 1 aliphatic heterocycles. The maximum Gasteiger partial charge on any atom is 0.253 e. The number of nitrogens with one attached hydrogen (secondary N) is 1. The molecule has 0 aromatic carbocycles. The Morgan fingerprint density at radius 2 is 2.11 bits per heavy atom. The number of nitrogens with zero attached hydrogens (tertiary/aromatic N) is 1. The molecule has 18 heavy (non-hydrogen) atoms. The van der Waals surface area contributed by atoms with Gasteiger partial charge in [0.05, 0.1) is 6.61 Å². The van der Waals surface area contributed by atoms with Crippen molar-refractivity contribution in [3.8, 4) is 0 Å². The molecule has 1 aliphatic carbocycles. The van der Waals surface area contributed by atoms with Gasteiger partial charge in [0.1, 0.15) is 6.04 Å². The first-order valence-corrected chi connectivity index (χ1v) is 7.03. The van der Waals surface area contributed by atoms with E-state index in [-0.39, 0.29) is 11.9 Å². The number of ether oxygens (including phenoxy) is 1. The molecule has 0 spiro atoms. The Kier molecular flexibility index (Phi) is 4.97. The lowest BCUT2D eigenvalue weighted by molar-refractivity contribution is -0.132. The number of carbonyl (C=O) groups excluding carboxylic acids is 1. The van der Waals surface area contributed by atoms with E-state index in [0.717, 1.165) is 12.5 Å². The number of hydrogen-bond donors (Lipinski definition) is 2. The molecule has 1 saturated heterocycles. The normalized spacial score (nSPS) is 30.6. The van der Waals surface area contributed by atoms with Crippen LogP contribution < -0.4 is 11.3 Å². The second kappa shape index (κ2) is 6.50. The van der Waals surface area contributed by atoms with Crippen molar-refractivity contribution in [1.29, 1.82) is 0 Å². The van der Waals surface area contributed by atoms with E-state index in [1.165, 1.54) is 38.5 Å². The first-order chi connectivity index (χ1) is 8.77. The molecule has 3 N–H and O–H groups in total. The monoisotopic (exact) mass is 255 g/mol. The first kappa shape index (κ1) is 13.8. The van der Waals surface area contributed by atoms with Crippen molar-refractivity contribution in [3.05, 3.63) is 0 Å². The minimum absolute atomic E-state index is 0.122. The average Bonchev–Trinajstić information content (AvgIpc) is 2.43. The number of amides is 1. The van der Waals surface area contributed by atoms with Crippen molar-refractivity contribution in [2.24, 2.45) is 11.8 Å². The van der Waals surface area contributed by atoms with Gasteiger partial charge in [0, 0.05) is 13.2 Å². The molecule has 104 valence electrons. The molecule has 1 amide bonds. The van der Waals surface area contributed by atoms with Crippen LogP contribution in [0, 0.1) is 5.92 Å². The highest BCUT2D eigenvalue weighted by Crippen LogP contribution is 2.36. The molecule has 0 bridgehead atoms. The van der Waals surface area contributed by atoms with Gasteiger partial charge in [0.15, 0.2) is 0 Å². The topological polar surface area (TPSA) is 67.6 Å². The molecule has 1 saturated carbocycles. The van der Waals surface area contributed by atoms with Gasteiger partial charge < -0.3 is 4.74 Å². The van der Waals surface area contributed by atoms with Crippen LogP contribution in [0.2, 0.25) is 0 Å². The fourth-order valence-electron chi connectivity index (χ4n) is 3.63. The molecule has 2 fully saturated rings. The van der Waals surface area contributed by atoms with Crippen LogP contribution in [-0.4, -0.2) is 43.2 Å². The predicted octanol–water partition coefficient (Wildman–Crippen LogP) is 0.646. The Morgan fingerprint density at radius 1 is 1.39 bits per heavy atom. The van der Waals surface area contributed by atoms with E-state index in [1.54, 1.807) is 7.11 Å². The van der Waals surface area contributed by atoms with E-state index in [0.29, 0.717) is 12.6 Å². The van der Waals surface area contributed by atoms with Crippen LogP contribution in [0.1, 0.15) is 38.5 Å². The van der Waals surface area contributed by atoms with Crippen molar-refractivity contribution in [1.82, 2.24) is 10.3 Å². The zero-order valence-electron chi connectivity index (χ0n) is 11.2.